The molecule has 23 heavy (non-hydrogen) atoms. The number of halogens is 2. The largest absolute Gasteiger partial charge is 0.464 e. The number of non-ortho nitro benzene ring substituents is 1. The molecule has 0 unspecified atom stereocenters. The third kappa shape index (κ3) is 3.55. The summed E-state index contributed by atoms with van der Waals surface area (Å²) in [7, 11) is 0. The first-order valence-electron chi connectivity index (χ1n) is 5.78. The summed E-state index contributed by atoms with van der Waals surface area (Å²) < 4.78 is 5.92. The Kier molecular flexibility index (Phi) is 4.77. The van der Waals surface area contributed by atoms with Gasteiger partial charge in [0.05, 0.1) is 27.1 Å². The third-order valence-electron chi connectivity index (χ3n) is 2.63. The van der Waals surface area contributed by atoms with E-state index in [2.05, 4.69) is 5.10 Å². The van der Waals surface area contributed by atoms with Crippen LogP contribution in [-0.2, 0) is 6.73 Å². The van der Waals surface area contributed by atoms with Crippen LogP contribution in [0.2, 0.25) is 10.0 Å². The summed E-state index contributed by atoms with van der Waals surface area (Å²) in [6.07, 6.45) is 1.11. The van der Waals surface area contributed by atoms with Crippen LogP contribution in [0.4, 0.5) is 11.4 Å². The van der Waals surface area contributed by atoms with Crippen LogP contribution in [0.3, 0.4) is 0 Å². The summed E-state index contributed by atoms with van der Waals surface area (Å²) in [6, 6.07) is 2.84. The van der Waals surface area contributed by atoms with Gasteiger partial charge in [0.15, 0.2) is 12.5 Å². The molecule has 0 saturated carbocycles. The number of aromatic nitrogens is 2. The van der Waals surface area contributed by atoms with E-state index < -0.39 is 33.5 Å². The summed E-state index contributed by atoms with van der Waals surface area (Å²) in [5, 5.41) is 24.9. The third-order valence-corrected chi connectivity index (χ3v) is 3.38. The second-order valence-electron chi connectivity index (χ2n) is 4.05. The molecule has 12 heteroatoms. The summed E-state index contributed by atoms with van der Waals surface area (Å²) in [4.78, 5) is 31.7. The maximum absolute atomic E-state index is 11.8. The zero-order valence-electron chi connectivity index (χ0n) is 11.0. The first-order valence-corrected chi connectivity index (χ1v) is 6.53. The molecule has 120 valence electrons. The molecular formula is C11H6Cl2N4O6. The summed E-state index contributed by atoms with van der Waals surface area (Å²) in [5.41, 5.74) is -1.83. The van der Waals surface area contributed by atoms with Gasteiger partial charge in [-0.1, -0.05) is 23.2 Å². The molecule has 0 fully saturated rings. The molecule has 0 spiro atoms. The van der Waals surface area contributed by atoms with Crippen molar-refractivity contribution in [3.63, 3.8) is 0 Å². The van der Waals surface area contributed by atoms with Crippen LogP contribution in [0.25, 0.3) is 0 Å². The Morgan fingerprint density at radius 1 is 1.22 bits per heavy atom. The van der Waals surface area contributed by atoms with Gasteiger partial charge in [0.1, 0.15) is 5.02 Å². The van der Waals surface area contributed by atoms with E-state index in [0.29, 0.717) is 0 Å². The molecule has 1 aromatic heterocycles. The first kappa shape index (κ1) is 16.6. The molecule has 0 amide bonds. The number of hydrogen-bond donors (Lipinski definition) is 0. The highest BCUT2D eigenvalue weighted by molar-refractivity contribution is 6.41. The lowest BCUT2D eigenvalue weighted by molar-refractivity contribution is -0.394. The van der Waals surface area contributed by atoms with Gasteiger partial charge in [-0.2, -0.15) is 9.78 Å². The van der Waals surface area contributed by atoms with Gasteiger partial charge < -0.3 is 4.74 Å². The van der Waals surface area contributed by atoms with Crippen molar-refractivity contribution in [3.05, 3.63) is 65.0 Å². The van der Waals surface area contributed by atoms with Crippen molar-refractivity contribution in [3.8, 4) is 5.75 Å². The fourth-order valence-electron chi connectivity index (χ4n) is 1.55. The van der Waals surface area contributed by atoms with Crippen LogP contribution in [-0.4, -0.2) is 19.6 Å². The molecule has 0 saturated heterocycles. The number of nitro benzene ring substituents is 2. The lowest BCUT2D eigenvalue weighted by Gasteiger charge is -2.08. The van der Waals surface area contributed by atoms with Crippen LogP contribution >= 0.6 is 23.2 Å². The maximum Gasteiger partial charge on any atom is 0.317 e. The topological polar surface area (TPSA) is 130 Å². The van der Waals surface area contributed by atoms with Crippen molar-refractivity contribution >= 4 is 34.6 Å². The highest BCUT2D eigenvalue weighted by atomic mass is 35.5. The quantitative estimate of drug-likeness (QED) is 0.590. The number of hydrogen-bond acceptors (Lipinski definition) is 7. The zero-order chi connectivity index (χ0) is 17.1. The Morgan fingerprint density at radius 3 is 2.52 bits per heavy atom. The average Bonchev–Trinajstić information content (AvgIpc) is 2.51. The monoisotopic (exact) mass is 360 g/mol. The molecule has 10 nitrogen and oxygen atoms in total. The lowest BCUT2D eigenvalue weighted by atomic mass is 10.2. The standard InChI is InChI=1S/C11H6Cl2N4O6/c12-7-4-14-15(11(18)10(7)13)5-23-9-2-1-6(16(19)20)3-8(9)17(21)22/h1-4H,5H2. The highest BCUT2D eigenvalue weighted by Gasteiger charge is 2.21. The highest BCUT2D eigenvalue weighted by Crippen LogP contribution is 2.31. The number of ether oxygens (including phenoxy) is 1. The minimum Gasteiger partial charge on any atom is -0.464 e. The Labute approximate surface area is 137 Å². The molecule has 0 radical (unpaired) electrons. The minimum atomic E-state index is -0.840. The minimum absolute atomic E-state index is 0.0470. The number of benzene rings is 1. The second kappa shape index (κ2) is 6.58. The molecule has 0 aliphatic carbocycles. The van der Waals surface area contributed by atoms with Gasteiger partial charge in [0.2, 0.25) is 0 Å². The molecule has 0 aliphatic rings. The van der Waals surface area contributed by atoms with Gasteiger partial charge in [-0.3, -0.25) is 25.0 Å². The van der Waals surface area contributed by atoms with Crippen LogP contribution < -0.4 is 10.3 Å². The molecule has 0 atom stereocenters. The molecule has 0 bridgehead atoms. The van der Waals surface area contributed by atoms with E-state index in [-0.39, 0.29) is 15.8 Å². The predicted molar refractivity (Wildman–Crippen MR) is 78.9 cm³/mol. The van der Waals surface area contributed by atoms with Crippen molar-refractivity contribution in [1.82, 2.24) is 9.78 Å². The van der Waals surface area contributed by atoms with Gasteiger partial charge in [-0.05, 0) is 6.07 Å². The Morgan fingerprint density at radius 2 is 1.91 bits per heavy atom. The predicted octanol–water partition coefficient (Wildman–Crippen LogP) is 2.40. The van der Waals surface area contributed by atoms with E-state index in [9.17, 15) is 25.0 Å². The van der Waals surface area contributed by atoms with E-state index >= 15 is 0 Å². The van der Waals surface area contributed by atoms with Crippen molar-refractivity contribution in [2.24, 2.45) is 0 Å². The molecule has 1 aromatic carbocycles. The fourth-order valence-corrected chi connectivity index (χ4v) is 1.82. The number of rotatable bonds is 5. The van der Waals surface area contributed by atoms with Crippen LogP contribution in [0, 0.1) is 20.2 Å². The van der Waals surface area contributed by atoms with Crippen LogP contribution in [0.15, 0.2) is 29.2 Å². The van der Waals surface area contributed by atoms with Crippen molar-refractivity contribution in [1.29, 1.82) is 0 Å². The first-order chi connectivity index (χ1) is 10.8. The number of nitro groups is 2. The SMILES string of the molecule is O=c1c(Cl)c(Cl)cnn1COc1ccc([N+](=O)[O-])cc1[N+](=O)[O-]. The molecule has 0 N–H and O–H groups in total. The van der Waals surface area contributed by atoms with Crippen molar-refractivity contribution in [2.75, 3.05) is 0 Å². The van der Waals surface area contributed by atoms with E-state index in [4.69, 9.17) is 27.9 Å². The Balaban J connectivity index is 2.31. The lowest BCUT2D eigenvalue weighted by Crippen LogP contribution is -2.25. The van der Waals surface area contributed by atoms with Crippen molar-refractivity contribution in [2.45, 2.75) is 6.73 Å². The fraction of sp³-hybridized carbons (Fsp3) is 0.0909. The molecular weight excluding hydrogens is 355 g/mol. The van der Waals surface area contributed by atoms with E-state index in [1.54, 1.807) is 0 Å². The second-order valence-corrected chi connectivity index (χ2v) is 4.84. The Bertz CT molecular complexity index is 853. The van der Waals surface area contributed by atoms with E-state index in [0.717, 1.165) is 29.1 Å². The molecule has 2 rings (SSSR count). The van der Waals surface area contributed by atoms with Crippen LogP contribution in [0.1, 0.15) is 0 Å². The van der Waals surface area contributed by atoms with Gasteiger partial charge in [-0.25, -0.2) is 0 Å². The normalized spacial score (nSPS) is 10.3. The molecule has 1 heterocycles. The zero-order valence-corrected chi connectivity index (χ0v) is 12.5. The van der Waals surface area contributed by atoms with Gasteiger partial charge in [-0.15, -0.1) is 0 Å². The van der Waals surface area contributed by atoms with E-state index in [1.165, 1.54) is 0 Å². The Hall–Kier alpha value is -2.72. The maximum atomic E-state index is 11.8. The van der Waals surface area contributed by atoms with E-state index in [1.807, 2.05) is 0 Å². The van der Waals surface area contributed by atoms with Gasteiger partial charge in [0.25, 0.3) is 11.2 Å². The van der Waals surface area contributed by atoms with Gasteiger partial charge >= 0.3 is 5.69 Å². The number of nitrogens with zero attached hydrogens (tertiary/aromatic N) is 4. The summed E-state index contributed by atoms with van der Waals surface area (Å²) in [5.74, 6) is -0.264. The molecule has 2 aromatic rings. The smallest absolute Gasteiger partial charge is 0.317 e. The summed E-state index contributed by atoms with van der Waals surface area (Å²) >= 11 is 11.3. The molecule has 0 aliphatic heterocycles. The average molecular weight is 361 g/mol. The summed E-state index contributed by atoms with van der Waals surface area (Å²) in [6.45, 7) is -0.492. The van der Waals surface area contributed by atoms with Crippen molar-refractivity contribution < 1.29 is 14.6 Å². The van der Waals surface area contributed by atoms with Gasteiger partial charge in [0, 0.05) is 6.07 Å². The van der Waals surface area contributed by atoms with Crippen LogP contribution in [0.5, 0.6) is 5.75 Å².